The van der Waals surface area contributed by atoms with Crippen LogP contribution in [0.2, 0.25) is 0 Å². The number of rotatable bonds is 2. The second-order valence-electron chi connectivity index (χ2n) is 6.83. The molecule has 1 aromatic heterocycles. The van der Waals surface area contributed by atoms with E-state index in [1.54, 1.807) is 11.1 Å². The predicted octanol–water partition coefficient (Wildman–Crippen LogP) is 2.75. The Morgan fingerprint density at radius 3 is 2.71 bits per heavy atom. The summed E-state index contributed by atoms with van der Waals surface area (Å²) in [5.74, 6) is 0. The summed E-state index contributed by atoms with van der Waals surface area (Å²) in [5, 5.41) is 0.317. The first kappa shape index (κ1) is 16.8. The van der Waals surface area contributed by atoms with Gasteiger partial charge in [0.25, 0.3) is 0 Å². The molecule has 1 fully saturated rings. The quantitative estimate of drug-likeness (QED) is 0.835. The first-order valence-electron chi connectivity index (χ1n) is 7.94. The molecule has 0 saturated carbocycles. The zero-order chi connectivity index (χ0) is 17.3. The van der Waals surface area contributed by atoms with Gasteiger partial charge in [-0.1, -0.05) is 12.1 Å². The number of benzene rings is 1. The Hall–Kier alpha value is -2.02. The van der Waals surface area contributed by atoms with E-state index in [-0.39, 0.29) is 11.3 Å². The maximum absolute atomic E-state index is 12.8. The van der Waals surface area contributed by atoms with E-state index < -0.39 is 16.4 Å². The molecule has 2 atom stereocenters. The average molecular weight is 347 g/mol. The average Bonchev–Trinajstić information content (AvgIpc) is 3.02. The molecule has 0 spiro atoms. The van der Waals surface area contributed by atoms with Crippen molar-refractivity contribution in [2.45, 2.75) is 43.1 Å². The van der Waals surface area contributed by atoms with Gasteiger partial charge in [-0.2, -0.15) is 0 Å². The van der Waals surface area contributed by atoms with Crippen LogP contribution < -0.4 is 0 Å². The number of aromatic nitrogens is 2. The Labute approximate surface area is 143 Å². The maximum Gasteiger partial charge on any atom is 0.410 e. The van der Waals surface area contributed by atoms with Crippen LogP contribution in [0.4, 0.5) is 4.79 Å². The van der Waals surface area contributed by atoms with Gasteiger partial charge < -0.3 is 9.64 Å². The SMILES string of the molecule is CC(C)(C)OC(=O)N1CC[C@@H]([S@@](=O)c2cnc3ccccc3n2)C1. The van der Waals surface area contributed by atoms with Gasteiger partial charge in [-0.3, -0.25) is 9.19 Å². The molecule has 1 amide bonds. The summed E-state index contributed by atoms with van der Waals surface area (Å²) in [6.07, 6.45) is 1.88. The zero-order valence-electron chi connectivity index (χ0n) is 14.1. The topological polar surface area (TPSA) is 72.4 Å². The van der Waals surface area contributed by atoms with Crippen molar-refractivity contribution in [3.05, 3.63) is 30.5 Å². The lowest BCUT2D eigenvalue weighted by atomic mass is 10.2. The number of para-hydroxylation sites is 2. The van der Waals surface area contributed by atoms with Gasteiger partial charge in [0.2, 0.25) is 0 Å². The Balaban J connectivity index is 1.70. The molecule has 7 heteroatoms. The number of carbonyl (C=O) groups excluding carboxylic acids is 1. The van der Waals surface area contributed by atoms with Gasteiger partial charge in [0.1, 0.15) is 10.6 Å². The minimum absolute atomic E-state index is 0.145. The third kappa shape index (κ3) is 3.72. The summed E-state index contributed by atoms with van der Waals surface area (Å²) in [7, 11) is -1.30. The molecule has 128 valence electrons. The van der Waals surface area contributed by atoms with Crippen LogP contribution in [0.3, 0.4) is 0 Å². The first-order chi connectivity index (χ1) is 11.3. The summed E-state index contributed by atoms with van der Waals surface area (Å²) in [4.78, 5) is 22.5. The summed E-state index contributed by atoms with van der Waals surface area (Å²) in [6.45, 7) is 6.46. The molecule has 24 heavy (non-hydrogen) atoms. The molecule has 1 aliphatic heterocycles. The van der Waals surface area contributed by atoms with E-state index in [0.717, 1.165) is 11.0 Å². The van der Waals surface area contributed by atoms with Gasteiger partial charge in [0.05, 0.1) is 33.3 Å². The Morgan fingerprint density at radius 1 is 1.29 bits per heavy atom. The molecule has 2 heterocycles. The van der Waals surface area contributed by atoms with Crippen molar-refractivity contribution in [3.63, 3.8) is 0 Å². The van der Waals surface area contributed by atoms with Crippen LogP contribution >= 0.6 is 0 Å². The highest BCUT2D eigenvalue weighted by atomic mass is 32.2. The molecular weight excluding hydrogens is 326 g/mol. The third-order valence-electron chi connectivity index (χ3n) is 3.73. The van der Waals surface area contributed by atoms with Crippen molar-refractivity contribution in [2.24, 2.45) is 0 Å². The lowest BCUT2D eigenvalue weighted by molar-refractivity contribution is 0.0295. The molecule has 1 aliphatic rings. The minimum Gasteiger partial charge on any atom is -0.444 e. The fourth-order valence-electron chi connectivity index (χ4n) is 2.60. The van der Waals surface area contributed by atoms with Crippen LogP contribution in [0.1, 0.15) is 27.2 Å². The summed E-state index contributed by atoms with van der Waals surface area (Å²) in [6, 6.07) is 7.49. The number of hydrogen-bond donors (Lipinski definition) is 0. The Bertz CT molecular complexity index is 788. The van der Waals surface area contributed by atoms with Gasteiger partial charge in [-0.15, -0.1) is 0 Å². The molecule has 1 saturated heterocycles. The largest absolute Gasteiger partial charge is 0.444 e. The fourth-order valence-corrected chi connectivity index (χ4v) is 3.92. The van der Waals surface area contributed by atoms with Crippen molar-refractivity contribution in [3.8, 4) is 0 Å². The molecular formula is C17H21N3O3S. The van der Waals surface area contributed by atoms with E-state index in [4.69, 9.17) is 4.74 Å². The van der Waals surface area contributed by atoms with Crippen LogP contribution in [-0.4, -0.2) is 49.1 Å². The van der Waals surface area contributed by atoms with E-state index in [2.05, 4.69) is 9.97 Å². The number of fused-ring (bicyclic) bond motifs is 1. The maximum atomic E-state index is 12.8. The standard InChI is InChI=1S/C17H21N3O3S/c1-17(2,3)23-16(21)20-9-8-12(11-20)24(22)15-10-18-13-6-4-5-7-14(13)19-15/h4-7,10,12H,8-9,11H2,1-3H3/t12-,24-/m1/s1. The van der Waals surface area contributed by atoms with Crippen LogP contribution in [0.5, 0.6) is 0 Å². The molecule has 3 rings (SSSR count). The highest BCUT2D eigenvalue weighted by Crippen LogP contribution is 2.22. The van der Waals surface area contributed by atoms with Gasteiger partial charge in [0.15, 0.2) is 0 Å². The molecule has 2 aromatic rings. The molecule has 6 nitrogen and oxygen atoms in total. The number of nitrogens with zero attached hydrogens (tertiary/aromatic N) is 3. The minimum atomic E-state index is -1.30. The third-order valence-corrected chi connectivity index (χ3v) is 5.33. The van der Waals surface area contributed by atoms with Crippen molar-refractivity contribution >= 4 is 27.9 Å². The van der Waals surface area contributed by atoms with Crippen LogP contribution in [0, 0.1) is 0 Å². The molecule has 1 aromatic carbocycles. The van der Waals surface area contributed by atoms with E-state index >= 15 is 0 Å². The van der Waals surface area contributed by atoms with E-state index in [0.29, 0.717) is 24.5 Å². The van der Waals surface area contributed by atoms with Crippen LogP contribution in [0.25, 0.3) is 11.0 Å². The smallest absolute Gasteiger partial charge is 0.410 e. The van der Waals surface area contributed by atoms with Gasteiger partial charge in [-0.05, 0) is 39.3 Å². The molecule has 0 bridgehead atoms. The molecule has 0 aliphatic carbocycles. The van der Waals surface area contributed by atoms with Crippen molar-refractivity contribution < 1.29 is 13.7 Å². The highest BCUT2D eigenvalue weighted by molar-refractivity contribution is 7.85. The van der Waals surface area contributed by atoms with Crippen LogP contribution in [0.15, 0.2) is 35.5 Å². The van der Waals surface area contributed by atoms with Gasteiger partial charge >= 0.3 is 6.09 Å². The summed E-state index contributed by atoms with van der Waals surface area (Å²) >= 11 is 0. The Morgan fingerprint density at radius 2 is 2.00 bits per heavy atom. The molecule has 0 radical (unpaired) electrons. The second kappa shape index (κ2) is 6.47. The fraction of sp³-hybridized carbons (Fsp3) is 0.471. The molecule has 0 unspecified atom stereocenters. The zero-order valence-corrected chi connectivity index (χ0v) is 14.9. The number of ether oxygens (including phenoxy) is 1. The van der Waals surface area contributed by atoms with Crippen molar-refractivity contribution in [1.29, 1.82) is 0 Å². The van der Waals surface area contributed by atoms with Crippen molar-refractivity contribution in [1.82, 2.24) is 14.9 Å². The lowest BCUT2D eigenvalue weighted by Crippen LogP contribution is -2.36. The van der Waals surface area contributed by atoms with E-state index in [1.165, 1.54) is 0 Å². The van der Waals surface area contributed by atoms with Gasteiger partial charge in [-0.25, -0.2) is 9.78 Å². The number of carbonyl (C=O) groups is 1. The number of likely N-dealkylation sites (tertiary alicyclic amines) is 1. The summed E-state index contributed by atoms with van der Waals surface area (Å²) in [5.41, 5.74) is 0.975. The Kier molecular flexibility index (Phi) is 4.54. The number of amides is 1. The molecule has 0 N–H and O–H groups in total. The lowest BCUT2D eigenvalue weighted by Gasteiger charge is -2.24. The predicted molar refractivity (Wildman–Crippen MR) is 92.2 cm³/mol. The van der Waals surface area contributed by atoms with Crippen molar-refractivity contribution in [2.75, 3.05) is 13.1 Å². The monoisotopic (exact) mass is 347 g/mol. The highest BCUT2D eigenvalue weighted by Gasteiger charge is 2.33. The second-order valence-corrected chi connectivity index (χ2v) is 8.51. The first-order valence-corrected chi connectivity index (χ1v) is 9.15. The summed E-state index contributed by atoms with van der Waals surface area (Å²) < 4.78 is 18.1. The normalized spacial score (nSPS) is 19.5. The van der Waals surface area contributed by atoms with Gasteiger partial charge in [0, 0.05) is 13.1 Å². The van der Waals surface area contributed by atoms with E-state index in [9.17, 15) is 9.00 Å². The van der Waals surface area contributed by atoms with Crippen LogP contribution in [-0.2, 0) is 15.5 Å². The number of hydrogen-bond acceptors (Lipinski definition) is 5. The van der Waals surface area contributed by atoms with E-state index in [1.807, 2.05) is 45.0 Å².